The summed E-state index contributed by atoms with van der Waals surface area (Å²) in [4.78, 5) is 25.0. The number of aromatic carboxylic acids is 1. The van der Waals surface area contributed by atoms with Crippen LogP contribution < -0.4 is 54.5 Å². The minimum Gasteiger partial charge on any atom is -0.478 e. The van der Waals surface area contributed by atoms with E-state index in [0.29, 0.717) is 5.56 Å². The highest BCUT2D eigenvalue weighted by Crippen LogP contribution is 2.42. The van der Waals surface area contributed by atoms with Crippen LogP contribution >= 0.6 is 0 Å². The van der Waals surface area contributed by atoms with Gasteiger partial charge in [0.25, 0.3) is 0 Å². The number of carboxylic acids is 1. The zero-order valence-electron chi connectivity index (χ0n) is 29.0. The van der Waals surface area contributed by atoms with E-state index in [-0.39, 0.29) is 5.91 Å². The average molecular weight is 711 g/mol. The van der Waals surface area contributed by atoms with Crippen molar-refractivity contribution in [2.24, 2.45) is 5.73 Å². The molecule has 270 valence electrons. The Morgan fingerprint density at radius 1 is 0.960 bits per heavy atom. The van der Waals surface area contributed by atoms with Crippen LogP contribution in [0, 0.1) is 10.2 Å². The van der Waals surface area contributed by atoms with Gasteiger partial charge in [0.15, 0.2) is 0 Å². The fourth-order valence-corrected chi connectivity index (χ4v) is 6.75. The number of amides is 1. The number of unbranched alkanes of at least 4 members (excludes halogenated alkanes) is 2. The number of ether oxygens (including phenoxy) is 1. The number of nitrogens with two attached hydrogens (primary N) is 1. The van der Waals surface area contributed by atoms with E-state index < -0.39 is 16.2 Å². The van der Waals surface area contributed by atoms with Crippen LogP contribution in [0.2, 0.25) is 0 Å². The lowest BCUT2D eigenvalue weighted by Crippen LogP contribution is -2.68. The molecule has 0 atom stereocenters. The number of fused-ring (bicyclic) bond motifs is 4. The van der Waals surface area contributed by atoms with Gasteiger partial charge in [0.05, 0.1) is 11.6 Å². The summed E-state index contributed by atoms with van der Waals surface area (Å²) in [6.07, 6.45) is 7.50. The second kappa shape index (κ2) is 17.8. The summed E-state index contributed by atoms with van der Waals surface area (Å²) in [5.41, 5.74) is 12.2. The van der Waals surface area contributed by atoms with Crippen molar-refractivity contribution in [2.75, 3.05) is 44.2 Å². The normalized spacial score (nSPS) is 14.4. The molecule has 0 aliphatic carbocycles. The summed E-state index contributed by atoms with van der Waals surface area (Å²) in [6.45, 7) is 11.5. The number of halogens is 1. The van der Waals surface area contributed by atoms with E-state index >= 15 is 0 Å². The van der Waals surface area contributed by atoms with Gasteiger partial charge in [-0.3, -0.25) is 4.79 Å². The van der Waals surface area contributed by atoms with E-state index in [1.807, 2.05) is 12.1 Å². The number of benzene rings is 3. The van der Waals surface area contributed by atoms with Gasteiger partial charge in [0, 0.05) is 66.7 Å². The molecule has 0 aromatic heterocycles. The van der Waals surface area contributed by atoms with Crippen molar-refractivity contribution in [1.82, 2.24) is 9.89 Å². The van der Waals surface area contributed by atoms with E-state index in [1.165, 1.54) is 29.1 Å². The second-order valence-electron chi connectivity index (χ2n) is 12.4. The predicted octanol–water partition coefficient (Wildman–Crippen LogP) is -0.537. The van der Waals surface area contributed by atoms with Crippen LogP contribution in [0.15, 0.2) is 48.5 Å². The quantitative estimate of drug-likeness (QED) is 0.150. The lowest BCUT2D eigenvalue weighted by atomic mass is 9.86. The largest absolute Gasteiger partial charge is 0.478 e. The number of rotatable bonds is 9. The van der Waals surface area contributed by atoms with E-state index in [9.17, 15) is 14.7 Å². The molecule has 50 heavy (non-hydrogen) atoms. The fourth-order valence-electron chi connectivity index (χ4n) is 6.75. The summed E-state index contributed by atoms with van der Waals surface area (Å²) in [5.74, 6) is 0.761. The molecule has 3 heterocycles. The van der Waals surface area contributed by atoms with E-state index in [1.54, 1.807) is 12.1 Å². The number of anilines is 1. The Kier molecular flexibility index (Phi) is 13.8. The number of hydrogen-bond acceptors (Lipinski definition) is 9. The number of carbonyl (C=O) groups excluding carboxylic acids is 1. The van der Waals surface area contributed by atoms with Crippen LogP contribution in [0.5, 0.6) is 11.5 Å². The number of hydrogen-bond donors (Lipinski definition) is 3. The van der Waals surface area contributed by atoms with Gasteiger partial charge < -0.3 is 25.8 Å². The molecule has 1 amide bonds. The molecule has 0 spiro atoms. The Bertz CT molecular complexity index is 1800. The van der Waals surface area contributed by atoms with Crippen LogP contribution in [0.4, 0.5) is 5.69 Å². The van der Waals surface area contributed by atoms with E-state index in [2.05, 4.69) is 52.9 Å². The molecule has 3 aliphatic heterocycles. The first-order chi connectivity index (χ1) is 23.9. The molecule has 0 fully saturated rings. The van der Waals surface area contributed by atoms with Gasteiger partial charge in [0.2, 0.25) is 11.3 Å². The molecule has 0 radical (unpaired) electrons. The first-order valence-electron chi connectivity index (χ1n) is 17.1. The molecule has 0 saturated carbocycles. The first-order valence-corrected chi connectivity index (χ1v) is 18.4. The Hall–Kier alpha value is -4.04. The van der Waals surface area contributed by atoms with Crippen LogP contribution in [-0.2, 0) is 17.6 Å². The number of carbonyl (C=O) groups is 2. The van der Waals surface area contributed by atoms with Crippen molar-refractivity contribution in [2.45, 2.75) is 65.7 Å². The maximum Gasteiger partial charge on any atom is 0.336 e. The molecule has 3 aromatic rings. The van der Waals surface area contributed by atoms with Crippen molar-refractivity contribution >= 4 is 23.1 Å². The summed E-state index contributed by atoms with van der Waals surface area (Å²) < 4.78 is 43.0. The molecule has 0 unspecified atom stereocenters. The van der Waals surface area contributed by atoms with Crippen LogP contribution in [-0.4, -0.2) is 56.3 Å². The van der Waals surface area contributed by atoms with E-state index in [0.717, 1.165) is 118 Å². The lowest BCUT2D eigenvalue weighted by Gasteiger charge is -2.32. The third-order valence-corrected chi connectivity index (χ3v) is 9.00. The average Bonchev–Trinajstić information content (AvgIpc) is 3.07. The highest BCUT2D eigenvalue weighted by Gasteiger charge is 2.29. The Morgan fingerprint density at radius 2 is 1.68 bits per heavy atom. The molecule has 3 aliphatic rings. The fraction of sp³-hybridized carbons (Fsp3) is 0.432. The molecule has 0 saturated heterocycles. The predicted molar refractivity (Wildman–Crippen MR) is 180 cm³/mol. The molecular formula is C37H47ClN4O8. The third-order valence-electron chi connectivity index (χ3n) is 9.00. The molecule has 12 nitrogen and oxygen atoms in total. The van der Waals surface area contributed by atoms with Crippen LogP contribution in [0.1, 0.15) is 85.5 Å². The van der Waals surface area contributed by atoms with Gasteiger partial charge in [-0.25, -0.2) is 28.0 Å². The summed E-state index contributed by atoms with van der Waals surface area (Å²) >= 11 is 0. The van der Waals surface area contributed by atoms with Gasteiger partial charge in [-0.15, -0.1) is 10.2 Å². The van der Waals surface area contributed by atoms with Crippen molar-refractivity contribution in [1.29, 1.82) is 0 Å². The maximum absolute atomic E-state index is 12.3. The molecule has 0 bridgehead atoms. The minimum atomic E-state index is -4.94. The number of nitrogens with zero attached hydrogens (tertiary/aromatic N) is 2. The molecule has 13 heteroatoms. The standard InChI is InChI=1S/C30H30N2O3.C7H16N2O.ClHO4/c1-3-31-13-7-9-19-15-23-27(17-25(19)31)35-28-18-26-20(10-8-14-32(26)4-2)16-24(28)29(23)21-11-5-6-12-22(21)30(33)34;1-7(10)9-6-4-2-3-5-8;2-1(3,4)5/h5-6,11-12,15-18H,3-4,7-10,13-14H2,1-2H3;2-6,8H2,1H3,(H,9,10);(H,2,3,4,5). The number of nitrogens with one attached hydrogen (secondary N) is 1. The third kappa shape index (κ3) is 10.0. The van der Waals surface area contributed by atoms with Crippen molar-refractivity contribution in [3.63, 3.8) is 0 Å². The Balaban J connectivity index is 0.000000316. The Labute approximate surface area is 294 Å². The molecule has 6 rings (SSSR count). The van der Waals surface area contributed by atoms with Gasteiger partial charge in [-0.05, 0) is 81.8 Å². The zero-order valence-corrected chi connectivity index (χ0v) is 29.7. The minimum absolute atomic E-state index is 0.0488. The van der Waals surface area contributed by atoms with Crippen molar-refractivity contribution in [3.05, 3.63) is 86.9 Å². The van der Waals surface area contributed by atoms with Crippen molar-refractivity contribution in [3.8, 4) is 11.5 Å². The highest BCUT2D eigenvalue weighted by atomic mass is 35.7. The van der Waals surface area contributed by atoms with Gasteiger partial charge in [-0.2, -0.15) is 0 Å². The smallest absolute Gasteiger partial charge is 0.336 e. The Morgan fingerprint density at radius 3 is 2.34 bits per heavy atom. The topological polar surface area (TPSA) is 200 Å². The van der Waals surface area contributed by atoms with E-state index in [4.69, 9.17) is 29.1 Å². The summed E-state index contributed by atoms with van der Waals surface area (Å²) in [5, 5.41) is 15.0. The second-order valence-corrected chi connectivity index (χ2v) is 13.1. The van der Waals surface area contributed by atoms with Gasteiger partial charge in [0.1, 0.15) is 24.6 Å². The molecular weight excluding hydrogens is 664 g/mol. The lowest BCUT2D eigenvalue weighted by molar-refractivity contribution is -2.00. The van der Waals surface area contributed by atoms with Crippen LogP contribution in [0.25, 0.3) is 5.57 Å². The van der Waals surface area contributed by atoms with Crippen molar-refractivity contribution < 1.29 is 48.3 Å². The summed E-state index contributed by atoms with van der Waals surface area (Å²) in [6, 6.07) is 16.2. The highest BCUT2D eigenvalue weighted by molar-refractivity contribution is 5.98. The van der Waals surface area contributed by atoms with Gasteiger partial charge >= 0.3 is 5.97 Å². The summed E-state index contributed by atoms with van der Waals surface area (Å²) in [7, 11) is -4.94. The maximum atomic E-state index is 12.3. The number of aryl methyl sites for hydroxylation is 2. The SMILES string of the molecule is CC(=O)NCCCCCN.CCN1CCCc2cc3c(cc21)Oc1cc2c(cc1=C3c1ccccc1C(=O)O)CCC[N+]=2CC.[O-][Cl+3]([O-])([O-])[O-]. The first kappa shape index (κ1) is 38.8. The molecule has 4 N–H and O–H groups in total. The monoisotopic (exact) mass is 710 g/mol. The molecule has 3 aromatic carbocycles. The number of carboxylic acid groups (broad SMARTS) is 1. The van der Waals surface area contributed by atoms with Gasteiger partial charge in [-0.1, -0.05) is 24.6 Å². The zero-order chi connectivity index (χ0) is 36.4. The van der Waals surface area contributed by atoms with Crippen LogP contribution in [0.3, 0.4) is 0 Å².